The fourth-order valence-corrected chi connectivity index (χ4v) is 2.47. The molecular formula is C14H23NO3. The van der Waals surface area contributed by atoms with Gasteiger partial charge in [-0.15, -0.1) is 6.58 Å². The fraction of sp³-hybridized carbons (Fsp3) is 0.714. The van der Waals surface area contributed by atoms with Crippen LogP contribution >= 0.6 is 0 Å². The molecular weight excluding hydrogens is 230 g/mol. The minimum absolute atomic E-state index is 0.142. The molecule has 1 fully saturated rings. The van der Waals surface area contributed by atoms with Crippen molar-refractivity contribution in [2.24, 2.45) is 5.92 Å². The third-order valence-corrected chi connectivity index (χ3v) is 3.48. The molecule has 0 saturated heterocycles. The Morgan fingerprint density at radius 1 is 1.28 bits per heavy atom. The van der Waals surface area contributed by atoms with E-state index in [1.54, 1.807) is 0 Å². The molecule has 0 aromatic rings. The largest absolute Gasteiger partial charge is 0.480 e. The van der Waals surface area contributed by atoms with Gasteiger partial charge in [0, 0.05) is 6.42 Å². The molecule has 1 saturated carbocycles. The Labute approximate surface area is 108 Å². The van der Waals surface area contributed by atoms with Crippen molar-refractivity contribution in [1.29, 1.82) is 0 Å². The Bertz CT molecular complexity index is 293. The van der Waals surface area contributed by atoms with Crippen LogP contribution < -0.4 is 5.32 Å². The number of carbonyl (C=O) groups excluding carboxylic acids is 1. The van der Waals surface area contributed by atoms with Crippen molar-refractivity contribution in [2.45, 2.75) is 57.4 Å². The van der Waals surface area contributed by atoms with Crippen molar-refractivity contribution in [1.82, 2.24) is 5.32 Å². The zero-order valence-electron chi connectivity index (χ0n) is 10.9. The molecule has 1 atom stereocenters. The van der Waals surface area contributed by atoms with Gasteiger partial charge in [-0.25, -0.2) is 4.79 Å². The maximum atomic E-state index is 11.8. The van der Waals surface area contributed by atoms with Crippen LogP contribution in [0, 0.1) is 5.92 Å². The van der Waals surface area contributed by atoms with Crippen LogP contribution in [-0.4, -0.2) is 23.0 Å². The van der Waals surface area contributed by atoms with Crippen molar-refractivity contribution >= 4 is 11.9 Å². The first kappa shape index (κ1) is 14.7. The molecule has 1 aliphatic rings. The molecule has 0 bridgehead atoms. The molecule has 2 N–H and O–H groups in total. The Kier molecular flexibility index (Phi) is 6.47. The minimum Gasteiger partial charge on any atom is -0.480 e. The highest BCUT2D eigenvalue weighted by Crippen LogP contribution is 2.25. The number of rotatable bonds is 6. The van der Waals surface area contributed by atoms with Crippen LogP contribution in [0.5, 0.6) is 0 Å². The van der Waals surface area contributed by atoms with Gasteiger partial charge < -0.3 is 10.4 Å². The predicted molar refractivity (Wildman–Crippen MR) is 70.2 cm³/mol. The number of amides is 1. The average molecular weight is 253 g/mol. The Morgan fingerprint density at radius 2 is 1.89 bits per heavy atom. The van der Waals surface area contributed by atoms with Gasteiger partial charge in [-0.1, -0.05) is 31.8 Å². The first-order valence-electron chi connectivity index (χ1n) is 6.76. The summed E-state index contributed by atoms with van der Waals surface area (Å²) in [6.45, 7) is 3.50. The average Bonchev–Trinajstić information content (AvgIpc) is 2.57. The van der Waals surface area contributed by atoms with Crippen molar-refractivity contribution in [3.8, 4) is 0 Å². The Balaban J connectivity index is 2.38. The zero-order valence-corrected chi connectivity index (χ0v) is 10.9. The molecule has 4 nitrogen and oxygen atoms in total. The molecule has 1 amide bonds. The normalized spacial score (nSPS) is 18.7. The predicted octanol–water partition coefficient (Wildman–Crippen LogP) is 2.49. The lowest BCUT2D eigenvalue weighted by atomic mass is 9.96. The number of carboxylic acids is 1. The fourth-order valence-electron chi connectivity index (χ4n) is 2.47. The quantitative estimate of drug-likeness (QED) is 0.564. The van der Waals surface area contributed by atoms with Gasteiger partial charge in [0.25, 0.3) is 0 Å². The van der Waals surface area contributed by atoms with Gasteiger partial charge in [-0.05, 0) is 25.2 Å². The highest BCUT2D eigenvalue weighted by molar-refractivity contribution is 5.83. The summed E-state index contributed by atoms with van der Waals surface area (Å²) in [5.41, 5.74) is 0. The highest BCUT2D eigenvalue weighted by Gasteiger charge is 2.21. The number of aliphatic carboxylic acids is 1. The van der Waals surface area contributed by atoms with E-state index in [9.17, 15) is 9.59 Å². The number of carboxylic acid groups (broad SMARTS) is 1. The van der Waals surface area contributed by atoms with Gasteiger partial charge in [0.05, 0.1) is 0 Å². The molecule has 102 valence electrons. The third kappa shape index (κ3) is 5.34. The summed E-state index contributed by atoms with van der Waals surface area (Å²) in [5, 5.41) is 11.5. The molecule has 0 aromatic carbocycles. The second-order valence-electron chi connectivity index (χ2n) is 5.04. The van der Waals surface area contributed by atoms with Crippen LogP contribution in [0.3, 0.4) is 0 Å². The Hall–Kier alpha value is -1.32. The second-order valence-corrected chi connectivity index (χ2v) is 5.04. The van der Waals surface area contributed by atoms with Gasteiger partial charge in [0.15, 0.2) is 0 Å². The molecule has 0 spiro atoms. The summed E-state index contributed by atoms with van der Waals surface area (Å²) < 4.78 is 0. The van der Waals surface area contributed by atoms with Gasteiger partial charge >= 0.3 is 5.97 Å². The van der Waals surface area contributed by atoms with Crippen LogP contribution in [0.4, 0.5) is 0 Å². The summed E-state index contributed by atoms with van der Waals surface area (Å²) in [4.78, 5) is 22.7. The number of nitrogens with one attached hydrogen (secondary N) is 1. The van der Waals surface area contributed by atoms with Gasteiger partial charge in [0.2, 0.25) is 5.91 Å². The second kappa shape index (κ2) is 7.90. The smallest absolute Gasteiger partial charge is 0.326 e. The van der Waals surface area contributed by atoms with Gasteiger partial charge in [-0.2, -0.15) is 0 Å². The van der Waals surface area contributed by atoms with E-state index in [2.05, 4.69) is 11.9 Å². The molecule has 0 radical (unpaired) electrons. The maximum Gasteiger partial charge on any atom is 0.326 e. The minimum atomic E-state index is -0.996. The van der Waals surface area contributed by atoms with E-state index in [-0.39, 0.29) is 12.3 Å². The molecule has 1 rings (SSSR count). The molecule has 1 aliphatic carbocycles. The van der Waals surface area contributed by atoms with E-state index in [0.29, 0.717) is 12.3 Å². The SMILES string of the molecule is C=CCC(NC(=O)CC1CCCCCC1)C(=O)O. The topological polar surface area (TPSA) is 66.4 Å². The van der Waals surface area contributed by atoms with Crippen LogP contribution in [0.1, 0.15) is 51.4 Å². The summed E-state index contributed by atoms with van der Waals surface area (Å²) in [6.07, 6.45) is 9.31. The summed E-state index contributed by atoms with van der Waals surface area (Å²) in [6, 6.07) is -0.833. The first-order chi connectivity index (χ1) is 8.63. The maximum absolute atomic E-state index is 11.8. The van der Waals surface area contributed by atoms with Crippen molar-refractivity contribution < 1.29 is 14.7 Å². The van der Waals surface area contributed by atoms with Crippen LogP contribution in [0.25, 0.3) is 0 Å². The summed E-state index contributed by atoms with van der Waals surface area (Å²) in [5.74, 6) is -0.717. The molecule has 0 heterocycles. The van der Waals surface area contributed by atoms with Crippen LogP contribution in [0.2, 0.25) is 0 Å². The van der Waals surface area contributed by atoms with Gasteiger partial charge in [0.1, 0.15) is 6.04 Å². The molecule has 4 heteroatoms. The van der Waals surface area contributed by atoms with E-state index < -0.39 is 12.0 Å². The van der Waals surface area contributed by atoms with E-state index in [0.717, 1.165) is 12.8 Å². The van der Waals surface area contributed by atoms with Gasteiger partial charge in [-0.3, -0.25) is 4.79 Å². The first-order valence-corrected chi connectivity index (χ1v) is 6.76. The monoisotopic (exact) mass is 253 g/mol. The Morgan fingerprint density at radius 3 is 2.39 bits per heavy atom. The number of hydrogen-bond donors (Lipinski definition) is 2. The lowest BCUT2D eigenvalue weighted by molar-refractivity contribution is -0.141. The van der Waals surface area contributed by atoms with Crippen LogP contribution in [-0.2, 0) is 9.59 Å². The lowest BCUT2D eigenvalue weighted by Crippen LogP contribution is -2.41. The summed E-state index contributed by atoms with van der Waals surface area (Å²) >= 11 is 0. The van der Waals surface area contributed by atoms with Crippen molar-refractivity contribution in [3.63, 3.8) is 0 Å². The lowest BCUT2D eigenvalue weighted by Gasteiger charge is -2.16. The van der Waals surface area contributed by atoms with E-state index in [4.69, 9.17) is 5.11 Å². The molecule has 1 unspecified atom stereocenters. The molecule has 18 heavy (non-hydrogen) atoms. The summed E-state index contributed by atoms with van der Waals surface area (Å²) in [7, 11) is 0. The standard InChI is InChI=1S/C14H23NO3/c1-2-7-12(14(17)18)15-13(16)10-11-8-5-3-4-6-9-11/h2,11-12H,1,3-10H2,(H,15,16)(H,17,18). The molecule has 0 aliphatic heterocycles. The van der Waals surface area contributed by atoms with E-state index in [1.165, 1.54) is 31.8 Å². The van der Waals surface area contributed by atoms with Crippen molar-refractivity contribution in [2.75, 3.05) is 0 Å². The molecule has 0 aromatic heterocycles. The zero-order chi connectivity index (χ0) is 13.4. The van der Waals surface area contributed by atoms with E-state index in [1.807, 2.05) is 0 Å². The number of hydrogen-bond acceptors (Lipinski definition) is 2. The highest BCUT2D eigenvalue weighted by atomic mass is 16.4. The third-order valence-electron chi connectivity index (χ3n) is 3.48. The van der Waals surface area contributed by atoms with E-state index >= 15 is 0 Å². The van der Waals surface area contributed by atoms with Crippen molar-refractivity contribution in [3.05, 3.63) is 12.7 Å². The van der Waals surface area contributed by atoms with Crippen LogP contribution in [0.15, 0.2) is 12.7 Å². The number of carbonyl (C=O) groups is 2.